The summed E-state index contributed by atoms with van der Waals surface area (Å²) in [7, 11) is 3.87. The molecule has 0 radical (unpaired) electrons. The van der Waals surface area contributed by atoms with Crippen molar-refractivity contribution in [3.05, 3.63) is 52.3 Å². The lowest BCUT2D eigenvalue weighted by Gasteiger charge is -2.16. The zero-order valence-electron chi connectivity index (χ0n) is 10.2. The third-order valence-corrected chi connectivity index (χ3v) is 3.29. The van der Waals surface area contributed by atoms with Gasteiger partial charge in [-0.3, -0.25) is 4.68 Å². The van der Waals surface area contributed by atoms with Crippen molar-refractivity contribution in [3.8, 4) is 0 Å². The summed E-state index contributed by atoms with van der Waals surface area (Å²) in [5, 5.41) is 8.30. The lowest BCUT2D eigenvalue weighted by atomic mass is 10.00. The van der Waals surface area contributed by atoms with E-state index < -0.39 is 0 Å². The number of aromatic nitrogens is 2. The summed E-state index contributed by atoms with van der Waals surface area (Å²) in [6, 6.07) is 6.24. The Hall–Kier alpha value is -1.32. The molecule has 2 rings (SSSR count). The molecule has 4 heteroatoms. The first-order valence-corrected chi connectivity index (χ1v) is 5.91. The van der Waals surface area contributed by atoms with Crippen LogP contribution in [-0.2, 0) is 7.05 Å². The Kier molecular flexibility index (Phi) is 3.50. The molecular weight excluding hydrogens is 234 g/mol. The van der Waals surface area contributed by atoms with Crippen LogP contribution in [0.4, 0.5) is 0 Å². The Balaban J connectivity index is 2.38. The number of benzene rings is 1. The van der Waals surface area contributed by atoms with Crippen LogP contribution in [0, 0.1) is 6.92 Å². The molecule has 0 amide bonds. The molecule has 0 saturated carbocycles. The van der Waals surface area contributed by atoms with Gasteiger partial charge in [-0.15, -0.1) is 0 Å². The summed E-state index contributed by atoms with van der Waals surface area (Å²) < 4.78 is 1.81. The van der Waals surface area contributed by atoms with Crippen LogP contribution in [0.15, 0.2) is 30.6 Å². The Morgan fingerprint density at radius 3 is 2.65 bits per heavy atom. The molecule has 0 fully saturated rings. The van der Waals surface area contributed by atoms with Crippen molar-refractivity contribution in [2.45, 2.75) is 13.0 Å². The maximum absolute atomic E-state index is 6.04. The zero-order valence-corrected chi connectivity index (χ0v) is 11.0. The Bertz CT molecular complexity index is 519. The molecular formula is C13H16ClN3. The smallest absolute Gasteiger partial charge is 0.0605 e. The normalized spacial score (nSPS) is 12.7. The van der Waals surface area contributed by atoms with Gasteiger partial charge < -0.3 is 5.32 Å². The topological polar surface area (TPSA) is 29.9 Å². The summed E-state index contributed by atoms with van der Waals surface area (Å²) in [6.45, 7) is 2.02. The van der Waals surface area contributed by atoms with E-state index in [0.717, 1.165) is 16.1 Å². The molecule has 2 aromatic rings. The molecule has 1 aromatic carbocycles. The minimum absolute atomic E-state index is 0.152. The van der Waals surface area contributed by atoms with Crippen LogP contribution in [0.5, 0.6) is 0 Å². The third kappa shape index (κ3) is 2.51. The molecule has 1 N–H and O–H groups in total. The van der Waals surface area contributed by atoms with Gasteiger partial charge in [-0.2, -0.15) is 5.10 Å². The fourth-order valence-electron chi connectivity index (χ4n) is 1.96. The van der Waals surface area contributed by atoms with Crippen molar-refractivity contribution in [1.29, 1.82) is 0 Å². The minimum atomic E-state index is 0.152. The predicted molar refractivity (Wildman–Crippen MR) is 70.3 cm³/mol. The molecule has 3 nitrogen and oxygen atoms in total. The number of nitrogens with zero attached hydrogens (tertiary/aromatic N) is 2. The second-order valence-electron chi connectivity index (χ2n) is 4.18. The van der Waals surface area contributed by atoms with Gasteiger partial charge in [0.1, 0.15) is 0 Å². The van der Waals surface area contributed by atoms with Crippen LogP contribution in [-0.4, -0.2) is 16.8 Å². The summed E-state index contributed by atoms with van der Waals surface area (Å²) in [5.74, 6) is 0. The molecule has 0 aliphatic carbocycles. The van der Waals surface area contributed by atoms with E-state index in [2.05, 4.69) is 16.5 Å². The van der Waals surface area contributed by atoms with E-state index in [1.807, 2.05) is 50.2 Å². The summed E-state index contributed by atoms with van der Waals surface area (Å²) in [4.78, 5) is 0. The first-order chi connectivity index (χ1) is 8.11. The van der Waals surface area contributed by atoms with E-state index in [1.165, 1.54) is 5.56 Å². The van der Waals surface area contributed by atoms with Crippen molar-refractivity contribution >= 4 is 11.6 Å². The second-order valence-corrected chi connectivity index (χ2v) is 4.58. The minimum Gasteiger partial charge on any atom is -0.309 e. The predicted octanol–water partition coefficient (Wildman–Crippen LogP) is 2.69. The van der Waals surface area contributed by atoms with Crippen molar-refractivity contribution in [1.82, 2.24) is 15.1 Å². The largest absolute Gasteiger partial charge is 0.309 e. The summed E-state index contributed by atoms with van der Waals surface area (Å²) >= 11 is 6.04. The fourth-order valence-corrected chi connectivity index (χ4v) is 2.08. The zero-order chi connectivity index (χ0) is 12.4. The molecule has 0 aliphatic heterocycles. The lowest BCUT2D eigenvalue weighted by molar-refractivity contribution is 0.689. The molecule has 0 bridgehead atoms. The Morgan fingerprint density at radius 2 is 2.12 bits per heavy atom. The highest BCUT2D eigenvalue weighted by atomic mass is 35.5. The van der Waals surface area contributed by atoms with Crippen LogP contribution in [0.1, 0.15) is 22.7 Å². The van der Waals surface area contributed by atoms with Gasteiger partial charge in [-0.25, -0.2) is 0 Å². The van der Waals surface area contributed by atoms with Gasteiger partial charge in [0.25, 0.3) is 0 Å². The Morgan fingerprint density at radius 1 is 1.35 bits per heavy atom. The van der Waals surface area contributed by atoms with Crippen molar-refractivity contribution < 1.29 is 0 Å². The van der Waals surface area contributed by atoms with Gasteiger partial charge in [0, 0.05) is 23.8 Å². The quantitative estimate of drug-likeness (QED) is 0.907. The number of halogens is 1. The molecule has 17 heavy (non-hydrogen) atoms. The average Bonchev–Trinajstić information content (AvgIpc) is 2.71. The van der Waals surface area contributed by atoms with E-state index in [-0.39, 0.29) is 6.04 Å². The third-order valence-electron chi connectivity index (χ3n) is 2.86. The van der Waals surface area contributed by atoms with Gasteiger partial charge in [0.15, 0.2) is 0 Å². The van der Waals surface area contributed by atoms with Gasteiger partial charge in [-0.05, 0) is 31.2 Å². The molecule has 1 aromatic heterocycles. The highest BCUT2D eigenvalue weighted by Gasteiger charge is 2.14. The number of hydrogen-bond donors (Lipinski definition) is 1. The first-order valence-electron chi connectivity index (χ1n) is 5.53. The molecule has 0 aliphatic rings. The molecule has 1 unspecified atom stereocenters. The SMILES string of the molecule is CNC(c1ccc(Cl)c(C)c1)c1cnn(C)c1. The standard InChI is InChI=1S/C13H16ClN3/c1-9-6-10(4-5-12(9)14)13(15-2)11-7-16-17(3)8-11/h4-8,13,15H,1-3H3. The summed E-state index contributed by atoms with van der Waals surface area (Å²) in [6.07, 6.45) is 3.90. The molecule has 1 atom stereocenters. The molecule has 0 spiro atoms. The number of nitrogens with one attached hydrogen (secondary N) is 1. The maximum Gasteiger partial charge on any atom is 0.0605 e. The van der Waals surface area contributed by atoms with E-state index in [9.17, 15) is 0 Å². The van der Waals surface area contributed by atoms with Gasteiger partial charge in [0.2, 0.25) is 0 Å². The number of hydrogen-bond acceptors (Lipinski definition) is 2. The van der Waals surface area contributed by atoms with Crippen LogP contribution < -0.4 is 5.32 Å². The van der Waals surface area contributed by atoms with Crippen LogP contribution in [0.25, 0.3) is 0 Å². The van der Waals surface area contributed by atoms with Crippen molar-refractivity contribution in [2.24, 2.45) is 7.05 Å². The highest BCUT2D eigenvalue weighted by molar-refractivity contribution is 6.31. The lowest BCUT2D eigenvalue weighted by Crippen LogP contribution is -2.17. The van der Waals surface area contributed by atoms with Crippen molar-refractivity contribution in [3.63, 3.8) is 0 Å². The second kappa shape index (κ2) is 4.90. The van der Waals surface area contributed by atoms with E-state index in [0.29, 0.717) is 0 Å². The van der Waals surface area contributed by atoms with E-state index in [4.69, 9.17) is 11.6 Å². The van der Waals surface area contributed by atoms with Gasteiger partial charge >= 0.3 is 0 Å². The summed E-state index contributed by atoms with van der Waals surface area (Å²) in [5.41, 5.74) is 3.44. The molecule has 90 valence electrons. The highest BCUT2D eigenvalue weighted by Crippen LogP contribution is 2.25. The monoisotopic (exact) mass is 249 g/mol. The van der Waals surface area contributed by atoms with Crippen LogP contribution >= 0.6 is 11.6 Å². The average molecular weight is 250 g/mol. The Labute approximate surface area is 106 Å². The van der Waals surface area contributed by atoms with E-state index >= 15 is 0 Å². The molecule has 1 heterocycles. The van der Waals surface area contributed by atoms with Gasteiger partial charge in [0.05, 0.1) is 12.2 Å². The molecule has 0 saturated heterocycles. The van der Waals surface area contributed by atoms with Crippen LogP contribution in [0.3, 0.4) is 0 Å². The maximum atomic E-state index is 6.04. The number of aryl methyl sites for hydroxylation is 2. The fraction of sp³-hybridized carbons (Fsp3) is 0.308. The van der Waals surface area contributed by atoms with Crippen LogP contribution in [0.2, 0.25) is 5.02 Å². The van der Waals surface area contributed by atoms with Gasteiger partial charge in [-0.1, -0.05) is 23.7 Å². The number of rotatable bonds is 3. The first kappa shape index (κ1) is 12.1. The van der Waals surface area contributed by atoms with E-state index in [1.54, 1.807) is 0 Å². The van der Waals surface area contributed by atoms with Crippen molar-refractivity contribution in [2.75, 3.05) is 7.05 Å².